The molecule has 0 saturated heterocycles. The quantitative estimate of drug-likeness (QED) is 0.512. The van der Waals surface area contributed by atoms with Crippen LogP contribution in [-0.2, 0) is 4.79 Å². The molecule has 0 atom stereocenters. The molecule has 0 unspecified atom stereocenters. The van der Waals surface area contributed by atoms with Crippen molar-refractivity contribution in [2.45, 2.75) is 5.22 Å². The summed E-state index contributed by atoms with van der Waals surface area (Å²) in [5, 5.41) is 3.84. The number of carbonyl (C=O) groups is 1. The van der Waals surface area contributed by atoms with Gasteiger partial charge in [-0.15, -0.1) is 0 Å². The Morgan fingerprint density at radius 1 is 1.10 bits per heavy atom. The van der Waals surface area contributed by atoms with Crippen molar-refractivity contribution >= 4 is 35.0 Å². The number of methoxy groups -OCH3 is 3. The second-order valence-corrected chi connectivity index (χ2v) is 7.11. The van der Waals surface area contributed by atoms with Gasteiger partial charge in [0, 0.05) is 28.4 Å². The van der Waals surface area contributed by atoms with Crippen LogP contribution in [0.15, 0.2) is 52.2 Å². The largest absolute Gasteiger partial charge is 0.493 e. The lowest BCUT2D eigenvalue weighted by molar-refractivity contribution is -0.113. The zero-order chi connectivity index (χ0) is 20.8. The fourth-order valence-corrected chi connectivity index (χ4v) is 3.28. The number of amides is 1. The first-order valence-electron chi connectivity index (χ1n) is 8.48. The molecule has 9 heteroatoms. The Balaban J connectivity index is 1.62. The fraction of sp³-hybridized carbons (Fsp3) is 0.200. The molecule has 1 amide bonds. The number of nitrogens with one attached hydrogen (secondary N) is 1. The van der Waals surface area contributed by atoms with E-state index in [9.17, 15) is 4.79 Å². The first kappa shape index (κ1) is 20.9. The molecule has 152 valence electrons. The Kier molecular flexibility index (Phi) is 6.90. The SMILES string of the molecule is COc1cc(NC(=O)CSc2ncc(-c3ccc(Cl)cc3)o2)cc(OC)c1OC. The first-order chi connectivity index (χ1) is 14.0. The van der Waals surface area contributed by atoms with Crippen LogP contribution in [0.5, 0.6) is 17.2 Å². The topological polar surface area (TPSA) is 82.8 Å². The van der Waals surface area contributed by atoms with Crippen molar-refractivity contribution in [3.8, 4) is 28.6 Å². The first-order valence-corrected chi connectivity index (χ1v) is 9.84. The highest BCUT2D eigenvalue weighted by molar-refractivity contribution is 7.99. The molecular weight excluding hydrogens is 416 g/mol. The molecule has 0 bridgehead atoms. The van der Waals surface area contributed by atoms with E-state index in [0.717, 1.165) is 5.56 Å². The molecule has 0 spiro atoms. The normalized spacial score (nSPS) is 10.5. The molecule has 1 aromatic heterocycles. The molecule has 0 aliphatic rings. The molecular formula is C20H19ClN2O5S. The maximum atomic E-state index is 12.3. The minimum atomic E-state index is -0.226. The van der Waals surface area contributed by atoms with Gasteiger partial charge in [-0.05, 0) is 24.3 Å². The van der Waals surface area contributed by atoms with Crippen molar-refractivity contribution in [1.82, 2.24) is 4.98 Å². The summed E-state index contributed by atoms with van der Waals surface area (Å²) in [6.45, 7) is 0. The average Bonchev–Trinajstić information content (AvgIpc) is 3.21. The Morgan fingerprint density at radius 3 is 2.34 bits per heavy atom. The van der Waals surface area contributed by atoms with Gasteiger partial charge < -0.3 is 23.9 Å². The zero-order valence-electron chi connectivity index (χ0n) is 16.0. The van der Waals surface area contributed by atoms with E-state index in [4.69, 9.17) is 30.2 Å². The van der Waals surface area contributed by atoms with Gasteiger partial charge in [0.15, 0.2) is 17.3 Å². The highest BCUT2D eigenvalue weighted by atomic mass is 35.5. The molecule has 0 radical (unpaired) electrons. The molecule has 0 saturated carbocycles. The predicted molar refractivity (Wildman–Crippen MR) is 112 cm³/mol. The molecule has 3 aromatic rings. The van der Waals surface area contributed by atoms with E-state index in [2.05, 4.69) is 10.3 Å². The standard InChI is InChI=1S/C20H19ClN2O5S/c1-25-15-8-14(9-16(26-2)19(15)27-3)23-18(24)11-29-20-22-10-17(28-20)12-4-6-13(21)7-5-12/h4-10H,11H2,1-3H3,(H,23,24). The van der Waals surface area contributed by atoms with Crippen molar-refractivity contribution in [2.24, 2.45) is 0 Å². The number of anilines is 1. The summed E-state index contributed by atoms with van der Waals surface area (Å²) in [7, 11) is 4.54. The third-order valence-corrected chi connectivity index (χ3v) is 4.98. The van der Waals surface area contributed by atoms with E-state index >= 15 is 0 Å². The van der Waals surface area contributed by atoms with Crippen LogP contribution in [0.4, 0.5) is 5.69 Å². The van der Waals surface area contributed by atoms with E-state index < -0.39 is 0 Å². The lowest BCUT2D eigenvalue weighted by Crippen LogP contribution is -2.14. The van der Waals surface area contributed by atoms with Crippen LogP contribution in [0.25, 0.3) is 11.3 Å². The van der Waals surface area contributed by atoms with Crippen molar-refractivity contribution in [3.05, 3.63) is 47.6 Å². The number of nitrogens with zero attached hydrogens (tertiary/aromatic N) is 1. The number of benzene rings is 2. The van der Waals surface area contributed by atoms with Crippen LogP contribution in [0.2, 0.25) is 5.02 Å². The van der Waals surface area contributed by atoms with Gasteiger partial charge in [0.05, 0.1) is 33.3 Å². The van der Waals surface area contributed by atoms with E-state index in [-0.39, 0.29) is 11.7 Å². The number of carbonyl (C=O) groups excluding carboxylic acids is 1. The number of ether oxygens (including phenoxy) is 3. The van der Waals surface area contributed by atoms with Gasteiger partial charge in [0.2, 0.25) is 11.7 Å². The van der Waals surface area contributed by atoms with Gasteiger partial charge >= 0.3 is 0 Å². The maximum absolute atomic E-state index is 12.3. The number of hydrogen-bond acceptors (Lipinski definition) is 7. The molecule has 29 heavy (non-hydrogen) atoms. The van der Waals surface area contributed by atoms with Gasteiger partial charge in [0.25, 0.3) is 5.22 Å². The number of rotatable bonds is 8. The summed E-state index contributed by atoms with van der Waals surface area (Å²) in [6.07, 6.45) is 1.61. The van der Waals surface area contributed by atoms with Gasteiger partial charge in [-0.1, -0.05) is 23.4 Å². The van der Waals surface area contributed by atoms with Crippen LogP contribution >= 0.6 is 23.4 Å². The van der Waals surface area contributed by atoms with Crippen molar-refractivity contribution in [2.75, 3.05) is 32.4 Å². The minimum absolute atomic E-state index is 0.122. The summed E-state index contributed by atoms with van der Waals surface area (Å²) < 4.78 is 21.5. The van der Waals surface area contributed by atoms with Crippen LogP contribution in [0.3, 0.4) is 0 Å². The van der Waals surface area contributed by atoms with Crippen LogP contribution < -0.4 is 19.5 Å². The summed E-state index contributed by atoms with van der Waals surface area (Å²) in [5.74, 6) is 1.86. The second kappa shape index (κ2) is 9.58. The summed E-state index contributed by atoms with van der Waals surface area (Å²) in [6, 6.07) is 10.6. The minimum Gasteiger partial charge on any atom is -0.493 e. The van der Waals surface area contributed by atoms with Gasteiger partial charge in [0.1, 0.15) is 0 Å². The van der Waals surface area contributed by atoms with E-state index in [0.29, 0.717) is 38.9 Å². The number of aromatic nitrogens is 1. The Morgan fingerprint density at radius 2 is 1.76 bits per heavy atom. The average molecular weight is 435 g/mol. The summed E-state index contributed by atoms with van der Waals surface area (Å²) >= 11 is 7.08. The molecule has 7 nitrogen and oxygen atoms in total. The molecule has 3 rings (SSSR count). The molecule has 0 fully saturated rings. The lowest BCUT2D eigenvalue weighted by atomic mass is 10.2. The second-order valence-electron chi connectivity index (χ2n) is 5.75. The monoisotopic (exact) mass is 434 g/mol. The highest BCUT2D eigenvalue weighted by Crippen LogP contribution is 2.40. The molecule has 2 aromatic carbocycles. The zero-order valence-corrected chi connectivity index (χ0v) is 17.6. The Hall–Kier alpha value is -2.84. The summed E-state index contributed by atoms with van der Waals surface area (Å²) in [5.41, 5.74) is 1.38. The molecule has 1 N–H and O–H groups in total. The van der Waals surface area contributed by atoms with E-state index in [1.807, 2.05) is 12.1 Å². The molecule has 1 heterocycles. The molecule has 0 aliphatic carbocycles. The van der Waals surface area contributed by atoms with Crippen molar-refractivity contribution < 1.29 is 23.4 Å². The van der Waals surface area contributed by atoms with Crippen molar-refractivity contribution in [1.29, 1.82) is 0 Å². The third kappa shape index (κ3) is 5.16. The maximum Gasteiger partial charge on any atom is 0.256 e. The van der Waals surface area contributed by atoms with Crippen LogP contribution in [-0.4, -0.2) is 38.0 Å². The van der Waals surface area contributed by atoms with Crippen molar-refractivity contribution in [3.63, 3.8) is 0 Å². The van der Waals surface area contributed by atoms with Crippen LogP contribution in [0, 0.1) is 0 Å². The Bertz CT molecular complexity index is 966. The van der Waals surface area contributed by atoms with Crippen LogP contribution in [0.1, 0.15) is 0 Å². The number of halogens is 1. The molecule has 0 aliphatic heterocycles. The predicted octanol–water partition coefficient (Wildman–Crippen LogP) is 4.75. The van der Waals surface area contributed by atoms with E-state index in [1.165, 1.54) is 33.1 Å². The van der Waals surface area contributed by atoms with E-state index in [1.54, 1.807) is 30.5 Å². The van der Waals surface area contributed by atoms with Gasteiger partial charge in [-0.2, -0.15) is 0 Å². The number of thioether (sulfide) groups is 1. The van der Waals surface area contributed by atoms with Gasteiger partial charge in [-0.25, -0.2) is 4.98 Å². The van der Waals surface area contributed by atoms with Gasteiger partial charge in [-0.3, -0.25) is 4.79 Å². The summed E-state index contributed by atoms with van der Waals surface area (Å²) in [4.78, 5) is 16.5. The Labute approximate surface area is 177 Å². The highest BCUT2D eigenvalue weighted by Gasteiger charge is 2.15. The number of hydrogen-bond donors (Lipinski definition) is 1. The number of oxazole rings is 1. The third-order valence-electron chi connectivity index (χ3n) is 3.89. The lowest BCUT2D eigenvalue weighted by Gasteiger charge is -2.14. The fourth-order valence-electron chi connectivity index (χ4n) is 2.55. The smallest absolute Gasteiger partial charge is 0.256 e.